The van der Waals surface area contributed by atoms with Crippen LogP contribution in [0.1, 0.15) is 39.2 Å². The van der Waals surface area contributed by atoms with Crippen molar-refractivity contribution in [1.82, 2.24) is 47.1 Å². The topological polar surface area (TPSA) is 381 Å². The number of phenolic OH excluding ortho intramolecular Hbond substituents is 1. The molecule has 25 heteroatoms. The number of aliphatic hydroxyl groups is 3. The Kier molecular flexibility index (Phi) is 16.0. The molecule has 1 saturated heterocycles. The number of benzene rings is 1. The Morgan fingerprint density at radius 3 is 2.19 bits per heavy atom. The quantitative estimate of drug-likeness (QED) is 0.123. The number of nitrogens with zero attached hydrogens (tertiary/aromatic N) is 1. The van der Waals surface area contributed by atoms with Gasteiger partial charge in [-0.15, -0.1) is 0 Å². The van der Waals surface area contributed by atoms with Gasteiger partial charge in [0.25, 0.3) is 0 Å². The van der Waals surface area contributed by atoms with Gasteiger partial charge in [0.1, 0.15) is 41.0 Å². The lowest BCUT2D eigenvalue weighted by atomic mass is 9.93. The molecule has 4 bridgehead atoms. The van der Waals surface area contributed by atoms with Crippen molar-refractivity contribution in [3.63, 3.8) is 0 Å². The summed E-state index contributed by atoms with van der Waals surface area (Å²) in [6.07, 6.45) is -4.18. The minimum absolute atomic E-state index is 0.0749. The predicted octanol–water partition coefficient (Wildman–Crippen LogP) is -6.06. The minimum Gasteiger partial charge on any atom is -0.508 e. The lowest BCUT2D eigenvalue weighted by Gasteiger charge is -2.30. The molecule has 24 nitrogen and oxygen atoms in total. The van der Waals surface area contributed by atoms with E-state index >= 15 is 0 Å². The average molecular weight is 919 g/mol. The average Bonchev–Trinajstić information content (AvgIpc) is 3.82. The zero-order chi connectivity index (χ0) is 47.2. The third-order valence-corrected chi connectivity index (χ3v) is 13.0. The fraction of sp³-hybridized carbons (Fsp3) is 0.564. The van der Waals surface area contributed by atoms with Gasteiger partial charge in [-0.1, -0.05) is 27.2 Å². The van der Waals surface area contributed by atoms with Crippen LogP contribution in [-0.4, -0.2) is 169 Å². The number of primary amides is 1. The monoisotopic (exact) mass is 918 g/mol. The summed E-state index contributed by atoms with van der Waals surface area (Å²) in [5, 5.41) is 59.1. The molecule has 0 unspecified atom stereocenters. The Morgan fingerprint density at radius 2 is 1.53 bits per heavy atom. The van der Waals surface area contributed by atoms with Gasteiger partial charge in [0.15, 0.2) is 0 Å². The molecule has 1 aromatic heterocycles. The summed E-state index contributed by atoms with van der Waals surface area (Å²) in [4.78, 5) is 127. The standard InChI is InChI=1S/C39H54N10O14S/c1-4-16(2)31-36(60)42-10-29(55)43-25-15-64(63)38-20(19-6-5-18(51)7-22(19)46-38)8-23(34(58)41-11-30(56)47-31)44-37(61)32(17(3)27(53)14-50)48-33(57)21-12-49(13-26(21)52)39(62)24(9-28(40)54)45-35(25)59/h5-7,16-17,21,23-27,31-32,46,50-53H,4,8-15H2,1-3H3,(H2,40,54)(H,41,58)(H,42,60)(H,43,55)(H,44,61)(H,45,59)(H,47,56)(H,48,57)/t16-,17-,21+,23+,24+,25+,26+,27-,31-,32-,64-/m0/s1. The summed E-state index contributed by atoms with van der Waals surface area (Å²) < 4.78 is 14.6. The maximum absolute atomic E-state index is 14.6. The lowest BCUT2D eigenvalue weighted by Crippen LogP contribution is -2.59. The van der Waals surface area contributed by atoms with Gasteiger partial charge in [0, 0.05) is 36.9 Å². The number of aliphatic hydroxyl groups excluding tert-OH is 3. The highest BCUT2D eigenvalue weighted by molar-refractivity contribution is 7.85. The first-order valence-electron chi connectivity index (χ1n) is 20.5. The van der Waals surface area contributed by atoms with Crippen LogP contribution in [0.25, 0.3) is 10.9 Å². The van der Waals surface area contributed by atoms with Crippen LogP contribution < -0.4 is 43.0 Å². The third kappa shape index (κ3) is 11.5. The van der Waals surface area contributed by atoms with Crippen molar-refractivity contribution in [3.05, 3.63) is 23.8 Å². The predicted molar refractivity (Wildman–Crippen MR) is 222 cm³/mol. The zero-order valence-electron chi connectivity index (χ0n) is 35.2. The minimum atomic E-state index is -2.38. The first kappa shape index (κ1) is 48.8. The SMILES string of the molecule is CC[C@H](C)[C@@H]1NC(=O)CNC(=O)[C@H]2Cc3c([nH]c4cc(O)ccc34)[S@@](=O)C[C@@H](NC(=O)CNC1=O)C(=O)N[C@H](CC(N)=O)C(=O)N1C[C@@H](O)[C@@H](C1)C(=O)N[C@@H]([C@@H](C)[C@@H](O)CO)C(=O)N2. The molecule has 4 heterocycles. The van der Waals surface area contributed by atoms with Crippen molar-refractivity contribution < 1.29 is 67.8 Å². The molecule has 0 aliphatic carbocycles. The number of nitrogens with one attached hydrogen (secondary N) is 8. The molecule has 0 radical (unpaired) electrons. The second-order valence-corrected chi connectivity index (χ2v) is 17.6. The molecule has 64 heavy (non-hydrogen) atoms. The van der Waals surface area contributed by atoms with Crippen molar-refractivity contribution in [2.24, 2.45) is 23.5 Å². The summed E-state index contributed by atoms with van der Waals surface area (Å²) in [7, 11) is -2.38. The summed E-state index contributed by atoms with van der Waals surface area (Å²) >= 11 is 0. The Labute approximate surface area is 368 Å². The van der Waals surface area contributed by atoms with Crippen LogP contribution >= 0.6 is 0 Å². The van der Waals surface area contributed by atoms with Gasteiger partial charge in [0.05, 0.1) is 66.3 Å². The molecule has 1 fully saturated rings. The Bertz CT molecular complexity index is 2200. The second kappa shape index (κ2) is 21.0. The number of aromatic nitrogens is 1. The highest BCUT2D eigenvalue weighted by Gasteiger charge is 2.44. The Hall–Kier alpha value is -6.18. The number of carbonyl (C=O) groups excluding carboxylic acids is 9. The molecule has 2 aromatic rings. The van der Waals surface area contributed by atoms with Crippen LogP contribution in [0.15, 0.2) is 23.2 Å². The van der Waals surface area contributed by atoms with E-state index in [-0.39, 0.29) is 27.2 Å². The van der Waals surface area contributed by atoms with Gasteiger partial charge >= 0.3 is 0 Å². The molecule has 0 spiro atoms. The fourth-order valence-corrected chi connectivity index (χ4v) is 9.05. The molecule has 0 saturated carbocycles. The van der Waals surface area contributed by atoms with Crippen LogP contribution in [0.5, 0.6) is 5.75 Å². The molecular formula is C39H54N10O14S. The van der Waals surface area contributed by atoms with Gasteiger partial charge in [-0.05, 0) is 23.6 Å². The second-order valence-electron chi connectivity index (χ2n) is 16.2. The molecular weight excluding hydrogens is 865 g/mol. The van der Waals surface area contributed by atoms with Crippen molar-refractivity contribution in [1.29, 1.82) is 0 Å². The van der Waals surface area contributed by atoms with Crippen molar-refractivity contribution in [3.8, 4) is 5.75 Å². The number of phenols is 1. The normalized spacial score (nSPS) is 28.5. The number of hydrogen-bond donors (Lipinski definition) is 13. The summed E-state index contributed by atoms with van der Waals surface area (Å²) in [5.41, 5.74) is 5.70. The molecule has 3 aliphatic heterocycles. The molecule has 5 rings (SSSR count). The van der Waals surface area contributed by atoms with Gasteiger partial charge in [-0.2, -0.15) is 0 Å². The summed E-state index contributed by atoms with van der Waals surface area (Å²) in [6.45, 7) is 1.27. The van der Waals surface area contributed by atoms with Crippen molar-refractivity contribution in [2.75, 3.05) is 38.5 Å². The number of rotatable bonds is 7. The highest BCUT2D eigenvalue weighted by Crippen LogP contribution is 2.30. The smallest absolute Gasteiger partial charge is 0.245 e. The maximum atomic E-state index is 14.6. The van der Waals surface area contributed by atoms with E-state index in [4.69, 9.17) is 5.73 Å². The van der Waals surface area contributed by atoms with E-state index in [1.165, 1.54) is 25.1 Å². The van der Waals surface area contributed by atoms with Gasteiger partial charge in [0.2, 0.25) is 53.2 Å². The molecule has 3 aliphatic rings. The maximum Gasteiger partial charge on any atom is 0.245 e. The number of nitrogens with two attached hydrogens (primary N) is 1. The van der Waals surface area contributed by atoms with Crippen LogP contribution in [0.2, 0.25) is 0 Å². The van der Waals surface area contributed by atoms with E-state index in [2.05, 4.69) is 42.2 Å². The van der Waals surface area contributed by atoms with Crippen LogP contribution in [0.4, 0.5) is 0 Å². The molecule has 1 aromatic carbocycles. The van der Waals surface area contributed by atoms with Crippen LogP contribution in [0.3, 0.4) is 0 Å². The van der Waals surface area contributed by atoms with E-state index < -0.39 is 176 Å². The number of amides is 9. The molecule has 11 atom stereocenters. The Balaban J connectivity index is 1.72. The van der Waals surface area contributed by atoms with Crippen molar-refractivity contribution in [2.45, 2.75) is 87.5 Å². The van der Waals surface area contributed by atoms with Gasteiger partial charge < -0.3 is 73.3 Å². The number of aromatic amines is 1. The number of hydrogen-bond acceptors (Lipinski definition) is 14. The molecule has 14 N–H and O–H groups in total. The highest BCUT2D eigenvalue weighted by atomic mass is 32.2. The molecule has 9 amide bonds. The van der Waals surface area contributed by atoms with E-state index in [9.17, 15) is 67.8 Å². The van der Waals surface area contributed by atoms with E-state index in [1.807, 2.05) is 0 Å². The first-order chi connectivity index (χ1) is 30.2. The van der Waals surface area contributed by atoms with Gasteiger partial charge in [-0.25, -0.2) is 0 Å². The zero-order valence-corrected chi connectivity index (χ0v) is 36.0. The summed E-state index contributed by atoms with van der Waals surface area (Å²) in [6, 6.07) is -4.30. The van der Waals surface area contributed by atoms with Crippen molar-refractivity contribution >= 4 is 74.9 Å². The largest absolute Gasteiger partial charge is 0.508 e. The Morgan fingerprint density at radius 1 is 0.859 bits per heavy atom. The third-order valence-electron chi connectivity index (χ3n) is 11.6. The first-order valence-corrected chi connectivity index (χ1v) is 21.9. The summed E-state index contributed by atoms with van der Waals surface area (Å²) in [5.74, 6) is -13.2. The van der Waals surface area contributed by atoms with Crippen LogP contribution in [-0.2, 0) is 60.4 Å². The van der Waals surface area contributed by atoms with Gasteiger partial charge in [-0.3, -0.25) is 47.4 Å². The van der Waals surface area contributed by atoms with E-state index in [0.29, 0.717) is 6.42 Å². The molecule has 350 valence electrons. The number of aromatic hydroxyl groups is 1. The number of carbonyl (C=O) groups is 9. The number of fused-ring (bicyclic) bond motifs is 6. The number of H-pyrrole nitrogens is 1. The lowest BCUT2D eigenvalue weighted by molar-refractivity contribution is -0.139. The van der Waals surface area contributed by atoms with E-state index in [0.717, 1.165) is 4.90 Å². The van der Waals surface area contributed by atoms with Crippen LogP contribution in [0, 0.1) is 17.8 Å². The fourth-order valence-electron chi connectivity index (χ4n) is 7.65. The van der Waals surface area contributed by atoms with E-state index in [1.54, 1.807) is 13.8 Å².